The average molecular weight is 170 g/mol. The van der Waals surface area contributed by atoms with Gasteiger partial charge in [0.1, 0.15) is 18.5 Å². The highest BCUT2D eigenvalue weighted by Gasteiger charge is 2.14. The summed E-state index contributed by atoms with van der Waals surface area (Å²) in [5.41, 5.74) is 0. The van der Waals surface area contributed by atoms with Crippen LogP contribution < -0.4 is 4.78 Å². The maximum Gasteiger partial charge on any atom is 0.351 e. The molecule has 0 aliphatic heterocycles. The normalized spacial score (nSPS) is 9.64. The second-order valence-electron chi connectivity index (χ2n) is 1.82. The van der Waals surface area contributed by atoms with Gasteiger partial charge in [0, 0.05) is 0 Å². The Labute approximate surface area is 68.4 Å². The van der Waals surface area contributed by atoms with Gasteiger partial charge in [-0.25, -0.2) is 9.18 Å². The molecule has 0 fully saturated rings. The van der Waals surface area contributed by atoms with Gasteiger partial charge in [-0.2, -0.15) is 0 Å². The summed E-state index contributed by atoms with van der Waals surface area (Å²) in [6, 6.07) is 1.09. The van der Waals surface area contributed by atoms with Crippen LogP contribution in [0.25, 0.3) is 0 Å². The fraction of sp³-hybridized carbons (Fsp3) is 0.167. The summed E-state index contributed by atoms with van der Waals surface area (Å²) in [6.07, 6.45) is 0. The van der Waals surface area contributed by atoms with Gasteiger partial charge in [-0.05, 0) is 10.8 Å². The van der Waals surface area contributed by atoms with Crippen LogP contribution in [0.2, 0.25) is 0 Å². The minimum absolute atomic E-state index is 0.0787. The van der Waals surface area contributed by atoms with Gasteiger partial charge >= 0.3 is 5.97 Å². The summed E-state index contributed by atoms with van der Waals surface area (Å²) >= 11 is 0.875. The van der Waals surface area contributed by atoms with E-state index in [1.807, 2.05) is 0 Å². The topological polar surface area (TPSA) is 26.3 Å². The molecule has 1 rings (SSSR count). The van der Waals surface area contributed by atoms with Crippen molar-refractivity contribution in [2.75, 3.05) is 7.11 Å². The Morgan fingerprint density at radius 2 is 2.45 bits per heavy atom. The largest absolute Gasteiger partial charge is 0.465 e. The van der Waals surface area contributed by atoms with E-state index >= 15 is 0 Å². The molecule has 0 unspecified atom stereocenters. The van der Waals surface area contributed by atoms with Crippen molar-refractivity contribution in [2.24, 2.45) is 0 Å². The number of ether oxygens (including phenoxy) is 1. The van der Waals surface area contributed by atoms with E-state index in [4.69, 9.17) is 7.85 Å². The predicted molar refractivity (Wildman–Crippen MR) is 41.0 cm³/mol. The van der Waals surface area contributed by atoms with E-state index in [-0.39, 0.29) is 9.65 Å². The van der Waals surface area contributed by atoms with Crippen molar-refractivity contribution in [1.29, 1.82) is 0 Å². The molecule has 0 bridgehead atoms. The van der Waals surface area contributed by atoms with Gasteiger partial charge in [-0.3, -0.25) is 0 Å². The number of halogens is 1. The van der Waals surface area contributed by atoms with Crippen LogP contribution in [0.1, 0.15) is 9.67 Å². The van der Waals surface area contributed by atoms with Crippen LogP contribution in [0.4, 0.5) is 4.39 Å². The van der Waals surface area contributed by atoms with Gasteiger partial charge in [0.15, 0.2) is 0 Å². The highest BCUT2D eigenvalue weighted by molar-refractivity contribution is 7.21. The quantitative estimate of drug-likeness (QED) is 0.452. The molecule has 0 N–H and O–H groups in total. The zero-order valence-electron chi connectivity index (χ0n) is 5.76. The van der Waals surface area contributed by atoms with Crippen molar-refractivity contribution < 1.29 is 13.9 Å². The molecule has 1 aromatic heterocycles. The number of carbonyl (C=O) groups excluding carboxylic acids is 1. The van der Waals surface area contributed by atoms with E-state index in [0.717, 1.165) is 17.4 Å². The molecule has 56 valence electrons. The smallest absolute Gasteiger partial charge is 0.351 e. The van der Waals surface area contributed by atoms with Crippen molar-refractivity contribution in [2.45, 2.75) is 0 Å². The molecule has 2 radical (unpaired) electrons. The van der Waals surface area contributed by atoms with E-state index in [0.29, 0.717) is 0 Å². The van der Waals surface area contributed by atoms with E-state index in [1.54, 1.807) is 0 Å². The summed E-state index contributed by atoms with van der Waals surface area (Å²) in [4.78, 5) is 10.7. The predicted octanol–water partition coefficient (Wildman–Crippen LogP) is 0.468. The number of thiophene rings is 1. The highest BCUT2D eigenvalue weighted by atomic mass is 32.1. The van der Waals surface area contributed by atoms with E-state index in [1.165, 1.54) is 7.11 Å². The van der Waals surface area contributed by atoms with Crippen LogP contribution in [0.5, 0.6) is 0 Å². The molecular formula is C6H4BFO2S. The van der Waals surface area contributed by atoms with Gasteiger partial charge in [0.2, 0.25) is 0 Å². The van der Waals surface area contributed by atoms with Crippen molar-refractivity contribution in [3.8, 4) is 0 Å². The Balaban J connectivity index is 3.03. The third-order valence-corrected chi connectivity index (χ3v) is 2.00. The second-order valence-corrected chi connectivity index (χ2v) is 2.90. The minimum Gasteiger partial charge on any atom is -0.465 e. The number of hydrogen-bond donors (Lipinski definition) is 0. The molecule has 0 spiro atoms. The van der Waals surface area contributed by atoms with E-state index in [9.17, 15) is 9.18 Å². The molecule has 1 aromatic rings. The van der Waals surface area contributed by atoms with Crippen LogP contribution in [0.3, 0.4) is 0 Å². The van der Waals surface area contributed by atoms with Crippen LogP contribution in [0, 0.1) is 5.82 Å². The summed E-state index contributed by atoms with van der Waals surface area (Å²) in [7, 11) is 6.43. The molecule has 0 amide bonds. The Morgan fingerprint density at radius 1 is 1.82 bits per heavy atom. The molecule has 2 nitrogen and oxygen atoms in total. The number of carbonyl (C=O) groups is 1. The molecule has 0 saturated carbocycles. The number of methoxy groups -OCH3 is 1. The zero-order valence-corrected chi connectivity index (χ0v) is 6.57. The third-order valence-electron chi connectivity index (χ3n) is 1.08. The summed E-state index contributed by atoms with van der Waals surface area (Å²) in [5.74, 6) is -1.32. The van der Waals surface area contributed by atoms with Crippen molar-refractivity contribution in [3.05, 3.63) is 16.8 Å². The van der Waals surface area contributed by atoms with E-state index < -0.39 is 11.8 Å². The summed E-state index contributed by atoms with van der Waals surface area (Å²) in [5, 5.41) is 0. The second kappa shape index (κ2) is 3.05. The lowest BCUT2D eigenvalue weighted by Gasteiger charge is -1.92. The van der Waals surface area contributed by atoms with E-state index in [2.05, 4.69) is 4.74 Å². The van der Waals surface area contributed by atoms with Crippen LogP contribution >= 0.6 is 11.3 Å². The SMILES string of the molecule is [B]c1cc(F)c(C(=O)OC)s1. The molecule has 0 aromatic carbocycles. The average Bonchev–Trinajstić information content (AvgIpc) is 2.28. The van der Waals surface area contributed by atoms with Crippen molar-refractivity contribution >= 4 is 29.9 Å². The molecule has 0 aliphatic rings. The zero-order chi connectivity index (χ0) is 8.43. The lowest BCUT2D eigenvalue weighted by atomic mass is 10.1. The van der Waals surface area contributed by atoms with Crippen LogP contribution in [-0.2, 0) is 4.74 Å². The third kappa shape index (κ3) is 1.60. The Bertz CT molecular complexity index is 284. The standard InChI is InChI=1S/C6H4BFO2S/c1-10-6(9)5-3(8)2-4(7)11-5/h2H,1H3. The maximum atomic E-state index is 12.7. The van der Waals surface area contributed by atoms with Gasteiger partial charge in [0.25, 0.3) is 0 Å². The first-order chi connectivity index (χ1) is 5.15. The Morgan fingerprint density at radius 3 is 2.82 bits per heavy atom. The summed E-state index contributed by atoms with van der Waals surface area (Å²) < 4.78 is 17.3. The Kier molecular flexibility index (Phi) is 2.29. The monoisotopic (exact) mass is 170 g/mol. The maximum absolute atomic E-state index is 12.7. The molecular weight excluding hydrogens is 166 g/mol. The minimum atomic E-state index is -0.691. The highest BCUT2D eigenvalue weighted by Crippen LogP contribution is 2.12. The number of hydrogen-bond acceptors (Lipinski definition) is 3. The molecule has 0 aliphatic carbocycles. The van der Waals surface area contributed by atoms with Gasteiger partial charge < -0.3 is 4.74 Å². The fourth-order valence-electron chi connectivity index (χ4n) is 0.618. The first-order valence-corrected chi connectivity index (χ1v) is 3.60. The summed E-state index contributed by atoms with van der Waals surface area (Å²) in [6.45, 7) is 0. The lowest BCUT2D eigenvalue weighted by molar-refractivity contribution is 0.0601. The first-order valence-electron chi connectivity index (χ1n) is 2.78. The van der Waals surface area contributed by atoms with Gasteiger partial charge in [0.05, 0.1) is 7.11 Å². The molecule has 0 atom stereocenters. The van der Waals surface area contributed by atoms with Crippen LogP contribution in [0.15, 0.2) is 6.07 Å². The fourth-order valence-corrected chi connectivity index (χ4v) is 1.34. The van der Waals surface area contributed by atoms with Crippen molar-refractivity contribution in [1.82, 2.24) is 0 Å². The lowest BCUT2D eigenvalue weighted by Crippen LogP contribution is -1.99. The Hall–Kier alpha value is -0.835. The molecule has 1 heterocycles. The number of rotatable bonds is 1. The first kappa shape index (κ1) is 8.26. The molecule has 11 heavy (non-hydrogen) atoms. The molecule has 0 saturated heterocycles. The van der Waals surface area contributed by atoms with Gasteiger partial charge in [-0.1, -0.05) is 0 Å². The number of esters is 1. The van der Waals surface area contributed by atoms with Gasteiger partial charge in [-0.15, -0.1) is 11.3 Å². The van der Waals surface area contributed by atoms with Crippen molar-refractivity contribution in [3.63, 3.8) is 0 Å². The van der Waals surface area contributed by atoms with Crippen LogP contribution in [-0.4, -0.2) is 20.9 Å². The molecule has 5 heteroatoms.